The molecule has 1 aromatic carbocycles. The average Bonchev–Trinajstić information content (AvgIpc) is 2.53. The zero-order valence-electron chi connectivity index (χ0n) is 17.1. The van der Waals surface area contributed by atoms with Gasteiger partial charge < -0.3 is 25.4 Å². The molecule has 0 saturated heterocycles. The van der Waals surface area contributed by atoms with Crippen LogP contribution in [0.15, 0.2) is 29.3 Å². The SMILES string of the molecule is COc1ccc(NC(N)=NCCCN(C(=O)OC(C)(C)C)C(C)C)cc1.I. The smallest absolute Gasteiger partial charge is 0.410 e. The lowest BCUT2D eigenvalue weighted by Gasteiger charge is -2.30. The normalized spacial score (nSPS) is 11.6. The first kappa shape index (κ1) is 25.3. The Kier molecular flexibility index (Phi) is 11.1. The zero-order valence-corrected chi connectivity index (χ0v) is 19.4. The number of hydrogen-bond donors (Lipinski definition) is 2. The fraction of sp³-hybridized carbons (Fsp3) is 0.579. The minimum atomic E-state index is -0.505. The number of benzene rings is 1. The number of carbonyl (C=O) groups excluding carboxylic acids is 1. The molecular weight excluding hydrogens is 459 g/mol. The van der Waals surface area contributed by atoms with Gasteiger partial charge in [0.1, 0.15) is 11.4 Å². The number of carbonyl (C=O) groups is 1. The van der Waals surface area contributed by atoms with Crippen molar-refractivity contribution in [3.63, 3.8) is 0 Å². The van der Waals surface area contributed by atoms with Crippen LogP contribution in [0.4, 0.5) is 10.5 Å². The number of methoxy groups -OCH3 is 1. The van der Waals surface area contributed by atoms with E-state index in [1.54, 1.807) is 12.0 Å². The van der Waals surface area contributed by atoms with Gasteiger partial charge in [0.25, 0.3) is 0 Å². The predicted octanol–water partition coefficient (Wildman–Crippen LogP) is 4.08. The third-order valence-electron chi connectivity index (χ3n) is 3.45. The molecule has 27 heavy (non-hydrogen) atoms. The van der Waals surface area contributed by atoms with Gasteiger partial charge in [-0.15, -0.1) is 24.0 Å². The molecular formula is C19H33IN4O3. The van der Waals surface area contributed by atoms with Crippen LogP contribution in [0.25, 0.3) is 0 Å². The van der Waals surface area contributed by atoms with E-state index in [9.17, 15) is 4.79 Å². The number of hydrogen-bond acceptors (Lipinski definition) is 4. The molecule has 0 saturated carbocycles. The number of aliphatic imine (C=N–C) groups is 1. The number of rotatable bonds is 7. The van der Waals surface area contributed by atoms with Gasteiger partial charge in [0, 0.05) is 24.8 Å². The minimum Gasteiger partial charge on any atom is -0.497 e. The van der Waals surface area contributed by atoms with Crippen molar-refractivity contribution in [1.82, 2.24) is 4.90 Å². The maximum Gasteiger partial charge on any atom is 0.410 e. The monoisotopic (exact) mass is 492 g/mol. The van der Waals surface area contributed by atoms with Crippen molar-refractivity contribution in [2.24, 2.45) is 10.7 Å². The van der Waals surface area contributed by atoms with E-state index in [0.29, 0.717) is 25.5 Å². The molecule has 0 spiro atoms. The van der Waals surface area contributed by atoms with E-state index in [0.717, 1.165) is 11.4 Å². The molecule has 0 fully saturated rings. The molecule has 1 rings (SSSR count). The van der Waals surface area contributed by atoms with Gasteiger partial charge in [0.05, 0.1) is 7.11 Å². The lowest BCUT2D eigenvalue weighted by molar-refractivity contribution is 0.0190. The number of nitrogens with two attached hydrogens (primary N) is 1. The summed E-state index contributed by atoms with van der Waals surface area (Å²) in [6.07, 6.45) is 0.392. The summed E-state index contributed by atoms with van der Waals surface area (Å²) in [6, 6.07) is 7.48. The summed E-state index contributed by atoms with van der Waals surface area (Å²) < 4.78 is 10.6. The summed E-state index contributed by atoms with van der Waals surface area (Å²) in [4.78, 5) is 18.2. The zero-order chi connectivity index (χ0) is 19.7. The molecule has 3 N–H and O–H groups in total. The van der Waals surface area contributed by atoms with Crippen molar-refractivity contribution in [2.75, 3.05) is 25.5 Å². The van der Waals surface area contributed by atoms with Gasteiger partial charge in [0.2, 0.25) is 0 Å². The molecule has 1 aromatic rings. The fourth-order valence-electron chi connectivity index (χ4n) is 2.18. The number of anilines is 1. The standard InChI is InChI=1S/C19H32N4O3.HI/c1-14(2)23(18(24)26-19(3,4)5)13-7-12-21-17(20)22-15-8-10-16(25-6)11-9-15;/h8-11,14H,7,12-13H2,1-6H3,(H3,20,21,22);1H. The second-order valence-corrected chi connectivity index (χ2v) is 7.24. The topological polar surface area (TPSA) is 89.2 Å². The number of halogens is 1. The molecule has 0 aliphatic rings. The number of nitrogens with zero attached hydrogens (tertiary/aromatic N) is 2. The quantitative estimate of drug-likeness (QED) is 0.259. The summed E-state index contributed by atoms with van der Waals surface area (Å²) >= 11 is 0. The molecule has 0 aliphatic heterocycles. The maximum absolute atomic E-state index is 12.2. The van der Waals surface area contributed by atoms with Gasteiger partial charge in [-0.05, 0) is 65.3 Å². The third kappa shape index (κ3) is 10.3. The first-order valence-electron chi connectivity index (χ1n) is 8.83. The molecule has 0 bridgehead atoms. The van der Waals surface area contributed by atoms with Crippen molar-refractivity contribution >= 4 is 41.7 Å². The molecule has 1 amide bonds. The number of guanidine groups is 1. The highest BCUT2D eigenvalue weighted by atomic mass is 127. The highest BCUT2D eigenvalue weighted by Gasteiger charge is 2.23. The van der Waals surface area contributed by atoms with Crippen molar-refractivity contribution in [2.45, 2.75) is 52.7 Å². The Morgan fingerprint density at radius 2 is 1.85 bits per heavy atom. The van der Waals surface area contributed by atoms with Crippen molar-refractivity contribution in [3.05, 3.63) is 24.3 Å². The Morgan fingerprint density at radius 3 is 2.33 bits per heavy atom. The van der Waals surface area contributed by atoms with E-state index >= 15 is 0 Å². The van der Waals surface area contributed by atoms with Gasteiger partial charge in [-0.2, -0.15) is 0 Å². The van der Waals surface area contributed by atoms with E-state index < -0.39 is 5.60 Å². The van der Waals surface area contributed by atoms with Crippen LogP contribution < -0.4 is 15.8 Å². The molecule has 0 heterocycles. The van der Waals surface area contributed by atoms with Gasteiger partial charge in [-0.3, -0.25) is 4.99 Å². The van der Waals surface area contributed by atoms with Crippen LogP contribution in [-0.4, -0.2) is 48.8 Å². The Balaban J connectivity index is 0.00000676. The van der Waals surface area contributed by atoms with Crippen LogP contribution >= 0.6 is 24.0 Å². The summed E-state index contributed by atoms with van der Waals surface area (Å²) in [5.41, 5.74) is 6.23. The number of ether oxygens (including phenoxy) is 2. The van der Waals surface area contributed by atoms with Crippen LogP contribution in [0.1, 0.15) is 41.0 Å². The summed E-state index contributed by atoms with van der Waals surface area (Å²) in [5.74, 6) is 1.12. The molecule has 0 atom stereocenters. The van der Waals surface area contributed by atoms with Gasteiger partial charge >= 0.3 is 6.09 Å². The first-order chi connectivity index (χ1) is 12.1. The van der Waals surface area contributed by atoms with Crippen LogP contribution in [0.5, 0.6) is 5.75 Å². The average molecular weight is 492 g/mol. The van der Waals surface area contributed by atoms with Gasteiger partial charge in [0.15, 0.2) is 5.96 Å². The fourth-order valence-corrected chi connectivity index (χ4v) is 2.18. The van der Waals surface area contributed by atoms with Crippen LogP contribution in [0, 0.1) is 0 Å². The van der Waals surface area contributed by atoms with E-state index in [1.807, 2.05) is 58.9 Å². The number of amides is 1. The van der Waals surface area contributed by atoms with Crippen molar-refractivity contribution in [3.8, 4) is 5.75 Å². The maximum atomic E-state index is 12.2. The van der Waals surface area contributed by atoms with Crippen molar-refractivity contribution in [1.29, 1.82) is 0 Å². The third-order valence-corrected chi connectivity index (χ3v) is 3.45. The lowest BCUT2D eigenvalue weighted by atomic mass is 10.2. The van der Waals surface area contributed by atoms with Crippen LogP contribution in [0.2, 0.25) is 0 Å². The highest BCUT2D eigenvalue weighted by Crippen LogP contribution is 2.15. The summed E-state index contributed by atoms with van der Waals surface area (Å²) in [7, 11) is 1.62. The molecule has 0 aliphatic carbocycles. The molecule has 0 radical (unpaired) electrons. The van der Waals surface area contributed by atoms with Crippen LogP contribution in [-0.2, 0) is 4.74 Å². The van der Waals surface area contributed by atoms with E-state index in [-0.39, 0.29) is 36.1 Å². The predicted molar refractivity (Wildman–Crippen MR) is 121 cm³/mol. The lowest BCUT2D eigenvalue weighted by Crippen LogP contribution is -2.41. The Labute approximate surface area is 179 Å². The van der Waals surface area contributed by atoms with Gasteiger partial charge in [-0.25, -0.2) is 4.79 Å². The Hall–Kier alpha value is -1.71. The second kappa shape index (κ2) is 11.9. The minimum absolute atomic E-state index is 0. The molecule has 154 valence electrons. The van der Waals surface area contributed by atoms with E-state index in [1.165, 1.54) is 0 Å². The Morgan fingerprint density at radius 1 is 1.26 bits per heavy atom. The second-order valence-electron chi connectivity index (χ2n) is 7.24. The van der Waals surface area contributed by atoms with Crippen molar-refractivity contribution < 1.29 is 14.3 Å². The summed E-state index contributed by atoms with van der Waals surface area (Å²) in [6.45, 7) is 10.6. The molecule has 0 unspecified atom stereocenters. The molecule has 7 nitrogen and oxygen atoms in total. The van der Waals surface area contributed by atoms with E-state index in [2.05, 4.69) is 10.3 Å². The first-order valence-corrected chi connectivity index (χ1v) is 8.83. The highest BCUT2D eigenvalue weighted by molar-refractivity contribution is 14.0. The summed E-state index contributed by atoms with van der Waals surface area (Å²) in [5, 5.41) is 3.02. The van der Waals surface area contributed by atoms with E-state index in [4.69, 9.17) is 15.2 Å². The van der Waals surface area contributed by atoms with Gasteiger partial charge in [-0.1, -0.05) is 0 Å². The Bertz CT molecular complexity index is 598. The van der Waals surface area contributed by atoms with Crippen LogP contribution in [0.3, 0.4) is 0 Å². The number of nitrogens with one attached hydrogen (secondary N) is 1. The largest absolute Gasteiger partial charge is 0.497 e. The molecule has 8 heteroatoms. The molecule has 0 aromatic heterocycles.